The van der Waals surface area contributed by atoms with E-state index in [1.807, 2.05) is 5.32 Å². The number of amides is 2. The predicted octanol–water partition coefficient (Wildman–Crippen LogP) is 0.0658. The standard InChI is InChI=1S/C8H7N2O2/c9-7-3-1-6(2-4-7)8(12)10-5-11/h1-4H,9H2,(H,10,11,12). The number of rotatable bonds is 2. The van der Waals surface area contributed by atoms with Crippen molar-refractivity contribution in [3.05, 3.63) is 29.8 Å². The van der Waals surface area contributed by atoms with Gasteiger partial charge in [0, 0.05) is 11.3 Å². The minimum atomic E-state index is -0.481. The van der Waals surface area contributed by atoms with Crippen molar-refractivity contribution in [2.24, 2.45) is 0 Å². The molecular formula is C8H7N2O2. The van der Waals surface area contributed by atoms with E-state index in [1.165, 1.54) is 18.5 Å². The number of nitrogens with one attached hydrogen (secondary N) is 1. The molecule has 4 heteroatoms. The second-order valence-electron chi connectivity index (χ2n) is 2.18. The third kappa shape index (κ3) is 1.82. The molecule has 1 rings (SSSR count). The number of benzene rings is 1. The van der Waals surface area contributed by atoms with Gasteiger partial charge in [0.1, 0.15) is 0 Å². The van der Waals surface area contributed by atoms with E-state index >= 15 is 0 Å². The summed E-state index contributed by atoms with van der Waals surface area (Å²) in [5.41, 5.74) is 6.34. The van der Waals surface area contributed by atoms with Gasteiger partial charge < -0.3 is 5.73 Å². The number of nitrogen functional groups attached to an aromatic ring is 1. The van der Waals surface area contributed by atoms with Crippen molar-refractivity contribution in [2.75, 3.05) is 5.73 Å². The lowest BCUT2D eigenvalue weighted by molar-refractivity contribution is 0.0976. The minimum Gasteiger partial charge on any atom is -0.399 e. The monoisotopic (exact) mass is 163 g/mol. The first-order valence-corrected chi connectivity index (χ1v) is 3.27. The highest BCUT2D eigenvalue weighted by Crippen LogP contribution is 2.04. The second kappa shape index (κ2) is 3.52. The molecule has 0 aromatic heterocycles. The molecule has 61 valence electrons. The van der Waals surface area contributed by atoms with Crippen LogP contribution in [0.3, 0.4) is 0 Å². The Kier molecular flexibility index (Phi) is 2.42. The normalized spacial score (nSPS) is 9.00. The van der Waals surface area contributed by atoms with Gasteiger partial charge >= 0.3 is 6.41 Å². The highest BCUT2D eigenvalue weighted by atomic mass is 16.2. The smallest absolute Gasteiger partial charge is 0.316 e. The maximum Gasteiger partial charge on any atom is 0.316 e. The van der Waals surface area contributed by atoms with Crippen molar-refractivity contribution in [1.29, 1.82) is 0 Å². The Morgan fingerprint density at radius 1 is 1.33 bits per heavy atom. The van der Waals surface area contributed by atoms with Crippen molar-refractivity contribution in [2.45, 2.75) is 0 Å². The van der Waals surface area contributed by atoms with Gasteiger partial charge in [-0.2, -0.15) is 0 Å². The zero-order chi connectivity index (χ0) is 8.97. The Hall–Kier alpha value is -1.84. The van der Waals surface area contributed by atoms with Gasteiger partial charge in [-0.05, 0) is 24.3 Å². The van der Waals surface area contributed by atoms with Crippen molar-refractivity contribution >= 4 is 18.0 Å². The van der Waals surface area contributed by atoms with E-state index < -0.39 is 5.91 Å². The summed E-state index contributed by atoms with van der Waals surface area (Å²) in [7, 11) is 0. The molecule has 0 aliphatic carbocycles. The molecule has 1 radical (unpaired) electrons. The summed E-state index contributed by atoms with van der Waals surface area (Å²) in [4.78, 5) is 20.7. The first kappa shape index (κ1) is 8.26. The number of hydrogen-bond donors (Lipinski definition) is 2. The number of anilines is 1. The van der Waals surface area contributed by atoms with Crippen LogP contribution in [0, 0.1) is 0 Å². The third-order valence-electron chi connectivity index (χ3n) is 1.34. The molecule has 0 fully saturated rings. The first-order chi connectivity index (χ1) is 5.74. The average Bonchev–Trinajstić information content (AvgIpc) is 2.06. The molecule has 2 amide bonds. The Bertz CT molecular complexity index is 292. The van der Waals surface area contributed by atoms with Crippen molar-refractivity contribution in [3.63, 3.8) is 0 Å². The van der Waals surface area contributed by atoms with Crippen LogP contribution in [0.5, 0.6) is 0 Å². The van der Waals surface area contributed by atoms with Crippen molar-refractivity contribution in [1.82, 2.24) is 5.32 Å². The summed E-state index contributed by atoms with van der Waals surface area (Å²) in [6, 6.07) is 6.23. The van der Waals surface area contributed by atoms with Crippen LogP contribution in [0.25, 0.3) is 0 Å². The van der Waals surface area contributed by atoms with Gasteiger partial charge in [-0.25, -0.2) is 0 Å². The van der Waals surface area contributed by atoms with Crippen LogP contribution in [0.4, 0.5) is 5.69 Å². The first-order valence-electron chi connectivity index (χ1n) is 3.27. The molecule has 1 aromatic rings. The predicted molar refractivity (Wildman–Crippen MR) is 44.0 cm³/mol. The fourth-order valence-electron chi connectivity index (χ4n) is 0.753. The average molecular weight is 163 g/mol. The van der Waals surface area contributed by atoms with Crippen LogP contribution in [0.15, 0.2) is 24.3 Å². The van der Waals surface area contributed by atoms with Crippen LogP contribution in [-0.2, 0) is 4.79 Å². The van der Waals surface area contributed by atoms with Crippen LogP contribution in [0.1, 0.15) is 10.4 Å². The largest absolute Gasteiger partial charge is 0.399 e. The zero-order valence-corrected chi connectivity index (χ0v) is 6.20. The number of carbonyl (C=O) groups is 1. The van der Waals surface area contributed by atoms with E-state index in [1.54, 1.807) is 12.1 Å². The molecule has 12 heavy (non-hydrogen) atoms. The highest BCUT2D eigenvalue weighted by Gasteiger charge is 2.02. The molecule has 0 atom stereocenters. The van der Waals surface area contributed by atoms with Gasteiger partial charge in [-0.15, -0.1) is 0 Å². The van der Waals surface area contributed by atoms with Gasteiger partial charge in [0.25, 0.3) is 5.91 Å². The zero-order valence-electron chi connectivity index (χ0n) is 6.20. The quantitative estimate of drug-likeness (QED) is 0.478. The van der Waals surface area contributed by atoms with E-state index in [4.69, 9.17) is 5.73 Å². The Morgan fingerprint density at radius 2 is 1.92 bits per heavy atom. The summed E-state index contributed by atoms with van der Waals surface area (Å²) in [6.45, 7) is 0. The molecule has 0 saturated carbocycles. The maximum atomic E-state index is 10.9. The maximum absolute atomic E-state index is 10.9. The molecule has 3 N–H and O–H groups in total. The lowest BCUT2D eigenvalue weighted by Gasteiger charge is -1.97. The molecule has 0 unspecified atom stereocenters. The number of nitrogens with two attached hydrogens (primary N) is 1. The molecule has 4 nitrogen and oxygen atoms in total. The summed E-state index contributed by atoms with van der Waals surface area (Å²) < 4.78 is 0. The molecule has 0 saturated heterocycles. The topological polar surface area (TPSA) is 72.2 Å². The Morgan fingerprint density at radius 3 is 2.42 bits per heavy atom. The van der Waals surface area contributed by atoms with E-state index in [2.05, 4.69) is 0 Å². The summed E-state index contributed by atoms with van der Waals surface area (Å²) in [5.74, 6) is -0.481. The van der Waals surface area contributed by atoms with Crippen LogP contribution < -0.4 is 11.1 Å². The molecule has 0 bridgehead atoms. The van der Waals surface area contributed by atoms with Crippen molar-refractivity contribution < 1.29 is 9.59 Å². The molecular weight excluding hydrogens is 156 g/mol. The summed E-state index contributed by atoms with van der Waals surface area (Å²) in [6.07, 6.45) is 1.30. The summed E-state index contributed by atoms with van der Waals surface area (Å²) >= 11 is 0. The molecule has 0 aliphatic heterocycles. The number of imide groups is 1. The second-order valence-corrected chi connectivity index (χ2v) is 2.18. The SMILES string of the molecule is Nc1ccc(C(=O)N[C]=O)cc1. The van der Waals surface area contributed by atoms with E-state index in [0.29, 0.717) is 11.3 Å². The lowest BCUT2D eigenvalue weighted by atomic mass is 10.2. The Balaban J connectivity index is 2.82. The minimum absolute atomic E-state index is 0.382. The van der Waals surface area contributed by atoms with E-state index in [0.717, 1.165) is 0 Å². The van der Waals surface area contributed by atoms with Gasteiger partial charge in [-0.3, -0.25) is 14.9 Å². The van der Waals surface area contributed by atoms with Crippen molar-refractivity contribution in [3.8, 4) is 0 Å². The van der Waals surface area contributed by atoms with Crippen LogP contribution in [-0.4, -0.2) is 12.3 Å². The lowest BCUT2D eigenvalue weighted by Crippen LogP contribution is -2.20. The van der Waals surface area contributed by atoms with Crippen LogP contribution in [0.2, 0.25) is 0 Å². The number of hydrogen-bond acceptors (Lipinski definition) is 3. The fraction of sp³-hybridized carbons (Fsp3) is 0. The van der Waals surface area contributed by atoms with Gasteiger partial charge in [0.2, 0.25) is 0 Å². The fourth-order valence-corrected chi connectivity index (χ4v) is 0.753. The molecule has 1 aromatic carbocycles. The van der Waals surface area contributed by atoms with Gasteiger partial charge in [0.05, 0.1) is 0 Å². The van der Waals surface area contributed by atoms with E-state index in [-0.39, 0.29) is 0 Å². The van der Waals surface area contributed by atoms with Gasteiger partial charge in [0.15, 0.2) is 0 Å². The van der Waals surface area contributed by atoms with E-state index in [9.17, 15) is 9.59 Å². The molecule has 0 aliphatic rings. The number of carbonyl (C=O) groups excluding carboxylic acids is 2. The molecule has 0 spiro atoms. The van der Waals surface area contributed by atoms with Gasteiger partial charge in [-0.1, -0.05) is 0 Å². The van der Waals surface area contributed by atoms with Crippen LogP contribution >= 0.6 is 0 Å². The Labute approximate surface area is 69.4 Å². The molecule has 0 heterocycles. The third-order valence-corrected chi connectivity index (χ3v) is 1.34. The highest BCUT2D eigenvalue weighted by molar-refractivity contribution is 6.00. The summed E-state index contributed by atoms with van der Waals surface area (Å²) in [5, 5.41) is 1.90.